The zero-order chi connectivity index (χ0) is 22.4. The number of rotatable bonds is 9. The molecule has 0 aliphatic rings. The summed E-state index contributed by atoms with van der Waals surface area (Å²) in [5.74, 6) is -1.02. The van der Waals surface area contributed by atoms with Gasteiger partial charge in [0, 0.05) is 13.6 Å². The normalized spacial score (nSPS) is 10.8. The van der Waals surface area contributed by atoms with Gasteiger partial charge < -0.3 is 15.2 Å². The molecule has 0 bridgehead atoms. The lowest BCUT2D eigenvalue weighted by Crippen LogP contribution is -2.43. The Morgan fingerprint density at radius 1 is 1.13 bits per heavy atom. The Morgan fingerprint density at radius 3 is 2.43 bits per heavy atom. The summed E-state index contributed by atoms with van der Waals surface area (Å²) in [6.07, 6.45) is 0.583. The highest BCUT2D eigenvalue weighted by atomic mass is 16.6. The predicted octanol–water partition coefficient (Wildman–Crippen LogP) is 1.47. The number of hydrogen-bond acceptors (Lipinski definition) is 7. The fourth-order valence-electron chi connectivity index (χ4n) is 2.97. The molecular weight excluding hydrogens is 390 g/mol. The minimum absolute atomic E-state index is 0.205. The highest BCUT2D eigenvalue weighted by molar-refractivity contribution is 6.01. The van der Waals surface area contributed by atoms with Crippen LogP contribution in [0.5, 0.6) is 5.75 Å². The molecule has 162 valence electrons. The zero-order valence-electron chi connectivity index (χ0n) is 17.6. The Morgan fingerprint density at radius 2 is 1.80 bits per heavy atom. The van der Waals surface area contributed by atoms with E-state index in [0.717, 1.165) is 14.7 Å². The van der Waals surface area contributed by atoms with E-state index in [1.54, 1.807) is 12.1 Å². The maximum Gasteiger partial charge on any atom is 0.344 e. The smallest absolute Gasteiger partial charge is 0.344 e. The number of ketones is 1. The van der Waals surface area contributed by atoms with Crippen LogP contribution < -0.4 is 21.7 Å². The second-order valence-corrected chi connectivity index (χ2v) is 7.12. The maximum atomic E-state index is 12.5. The predicted molar refractivity (Wildman–Crippen MR) is 112 cm³/mol. The van der Waals surface area contributed by atoms with Gasteiger partial charge in [-0.1, -0.05) is 39.0 Å². The number of nitrogen functional groups attached to an aromatic ring is 1. The van der Waals surface area contributed by atoms with Gasteiger partial charge in [-0.3, -0.25) is 18.7 Å². The largest absolute Gasteiger partial charge is 0.482 e. The summed E-state index contributed by atoms with van der Waals surface area (Å²) in [6.45, 7) is 5.02. The minimum Gasteiger partial charge on any atom is -0.482 e. The van der Waals surface area contributed by atoms with Gasteiger partial charge in [-0.25, -0.2) is 9.59 Å². The molecule has 0 radical (unpaired) electrons. The molecule has 0 atom stereocenters. The number of aromatic nitrogens is 2. The molecule has 2 aromatic rings. The van der Waals surface area contributed by atoms with Crippen molar-refractivity contribution in [1.29, 1.82) is 0 Å². The lowest BCUT2D eigenvalue weighted by molar-refractivity contribution is -0.144. The summed E-state index contributed by atoms with van der Waals surface area (Å²) < 4.78 is 12.4. The average Bonchev–Trinajstić information content (AvgIpc) is 2.72. The monoisotopic (exact) mass is 417 g/mol. The number of anilines is 1. The Balaban J connectivity index is 2.09. The van der Waals surface area contributed by atoms with Crippen LogP contribution in [0.4, 0.5) is 5.82 Å². The quantitative estimate of drug-likeness (QED) is 0.484. The Bertz CT molecular complexity index is 1050. The van der Waals surface area contributed by atoms with Gasteiger partial charge in [-0.15, -0.1) is 0 Å². The number of carbonyl (C=O) groups excluding carboxylic acids is 2. The number of hydrogen-bond donors (Lipinski definition) is 1. The highest BCUT2D eigenvalue weighted by Crippen LogP contribution is 2.25. The fraction of sp³-hybridized carbons (Fsp3) is 0.429. The van der Waals surface area contributed by atoms with E-state index in [1.165, 1.54) is 7.05 Å². The molecule has 0 saturated heterocycles. The zero-order valence-corrected chi connectivity index (χ0v) is 17.6. The Hall–Kier alpha value is -3.36. The van der Waals surface area contributed by atoms with Crippen molar-refractivity contribution in [3.8, 4) is 5.75 Å². The van der Waals surface area contributed by atoms with Gasteiger partial charge in [0.05, 0.1) is 0 Å². The highest BCUT2D eigenvalue weighted by Gasteiger charge is 2.22. The van der Waals surface area contributed by atoms with E-state index in [1.807, 2.05) is 32.9 Å². The molecule has 0 unspecified atom stereocenters. The van der Waals surface area contributed by atoms with Crippen LogP contribution in [0, 0.1) is 0 Å². The van der Waals surface area contributed by atoms with Crippen molar-refractivity contribution in [2.24, 2.45) is 7.05 Å². The SMILES string of the molecule is CCCn1c(N)c(C(=O)COC(=O)COc2ccccc2C(C)C)c(=O)n(C)c1=O. The summed E-state index contributed by atoms with van der Waals surface area (Å²) in [5.41, 5.74) is 5.03. The topological polar surface area (TPSA) is 123 Å². The molecule has 9 nitrogen and oxygen atoms in total. The van der Waals surface area contributed by atoms with Gasteiger partial charge in [0.15, 0.2) is 13.2 Å². The van der Waals surface area contributed by atoms with Gasteiger partial charge >= 0.3 is 11.7 Å². The van der Waals surface area contributed by atoms with Gasteiger partial charge in [-0.2, -0.15) is 0 Å². The molecular formula is C21H27N3O6. The van der Waals surface area contributed by atoms with Crippen LogP contribution >= 0.6 is 0 Å². The molecule has 0 amide bonds. The van der Waals surface area contributed by atoms with Crippen LogP contribution in [0.2, 0.25) is 0 Å². The molecule has 0 spiro atoms. The van der Waals surface area contributed by atoms with E-state index in [4.69, 9.17) is 15.2 Å². The van der Waals surface area contributed by atoms with Crippen LogP contribution in [-0.2, 0) is 23.1 Å². The van der Waals surface area contributed by atoms with E-state index in [-0.39, 0.29) is 30.5 Å². The van der Waals surface area contributed by atoms with Crippen LogP contribution in [0.1, 0.15) is 49.0 Å². The number of Topliss-reactive ketones (excluding diaryl/α,β-unsaturated/α-hetero) is 1. The summed E-state index contributed by atoms with van der Waals surface area (Å²) in [4.78, 5) is 49.0. The first kappa shape index (κ1) is 22.9. The molecule has 1 aromatic carbocycles. The average molecular weight is 417 g/mol. The molecule has 30 heavy (non-hydrogen) atoms. The first-order valence-corrected chi connectivity index (χ1v) is 9.68. The lowest BCUT2D eigenvalue weighted by atomic mass is 10.0. The second kappa shape index (κ2) is 9.91. The lowest BCUT2D eigenvalue weighted by Gasteiger charge is -2.14. The molecule has 0 saturated carbocycles. The third-order valence-corrected chi connectivity index (χ3v) is 4.56. The number of esters is 1. The van der Waals surface area contributed by atoms with E-state index in [2.05, 4.69) is 0 Å². The minimum atomic E-state index is -0.826. The first-order valence-electron chi connectivity index (χ1n) is 9.68. The Kier molecular flexibility index (Phi) is 7.57. The van der Waals surface area contributed by atoms with Crippen LogP contribution in [0.15, 0.2) is 33.9 Å². The second-order valence-electron chi connectivity index (χ2n) is 7.12. The molecule has 0 aliphatic heterocycles. The Labute approximate surface area is 174 Å². The van der Waals surface area contributed by atoms with Crippen LogP contribution in [-0.4, -0.2) is 34.1 Å². The molecule has 2 N–H and O–H groups in total. The molecule has 1 aromatic heterocycles. The molecule has 9 heteroatoms. The van der Waals surface area contributed by atoms with E-state index >= 15 is 0 Å². The first-order chi connectivity index (χ1) is 14.2. The van der Waals surface area contributed by atoms with Crippen molar-refractivity contribution in [3.05, 3.63) is 56.2 Å². The standard InChI is InChI=1S/C21H27N3O6/c1-5-10-24-19(22)18(20(27)23(4)21(24)28)15(25)11-30-17(26)12-29-16-9-7-6-8-14(16)13(2)3/h6-9,13H,5,10-12,22H2,1-4H3. The van der Waals surface area contributed by atoms with E-state index < -0.39 is 29.6 Å². The molecule has 2 rings (SSSR count). The van der Waals surface area contributed by atoms with Crippen LogP contribution in [0.3, 0.4) is 0 Å². The summed E-state index contributed by atoms with van der Waals surface area (Å²) in [5, 5.41) is 0. The molecule has 0 fully saturated rings. The maximum absolute atomic E-state index is 12.5. The van der Waals surface area contributed by atoms with Crippen molar-refractivity contribution in [3.63, 3.8) is 0 Å². The number of nitrogens with zero attached hydrogens (tertiary/aromatic N) is 2. The number of ether oxygens (including phenoxy) is 2. The van der Waals surface area contributed by atoms with Crippen molar-refractivity contribution in [2.75, 3.05) is 18.9 Å². The third kappa shape index (κ3) is 4.97. The van der Waals surface area contributed by atoms with Crippen LogP contribution in [0.25, 0.3) is 0 Å². The van der Waals surface area contributed by atoms with E-state index in [9.17, 15) is 19.2 Å². The van der Waals surface area contributed by atoms with Gasteiger partial charge in [-0.05, 0) is 24.0 Å². The number of para-hydroxylation sites is 1. The summed E-state index contributed by atoms with van der Waals surface area (Å²) in [6, 6.07) is 7.32. The summed E-state index contributed by atoms with van der Waals surface area (Å²) >= 11 is 0. The third-order valence-electron chi connectivity index (χ3n) is 4.56. The van der Waals surface area contributed by atoms with Crippen molar-refractivity contribution in [1.82, 2.24) is 9.13 Å². The number of benzene rings is 1. The molecule has 0 aliphatic carbocycles. The van der Waals surface area contributed by atoms with Crippen molar-refractivity contribution < 1.29 is 19.1 Å². The van der Waals surface area contributed by atoms with E-state index in [0.29, 0.717) is 12.2 Å². The van der Waals surface area contributed by atoms with Crippen molar-refractivity contribution >= 4 is 17.6 Å². The van der Waals surface area contributed by atoms with Gasteiger partial charge in [0.25, 0.3) is 5.56 Å². The number of nitrogens with two attached hydrogens (primary N) is 1. The molecule has 1 heterocycles. The summed E-state index contributed by atoms with van der Waals surface area (Å²) in [7, 11) is 1.26. The van der Waals surface area contributed by atoms with Gasteiger partial charge in [0.1, 0.15) is 17.1 Å². The number of carbonyl (C=O) groups is 2. The van der Waals surface area contributed by atoms with Crippen molar-refractivity contribution in [2.45, 2.75) is 39.7 Å². The van der Waals surface area contributed by atoms with Gasteiger partial charge in [0.2, 0.25) is 5.78 Å². The fourth-order valence-corrected chi connectivity index (χ4v) is 2.97.